The Kier molecular flexibility index (Phi) is 6.48. The van der Waals surface area contributed by atoms with Gasteiger partial charge in [0.25, 0.3) is 0 Å². The highest BCUT2D eigenvalue weighted by Crippen LogP contribution is 2.09. The Labute approximate surface area is 98.0 Å². The van der Waals surface area contributed by atoms with Gasteiger partial charge in [-0.3, -0.25) is 4.79 Å². The fourth-order valence-electron chi connectivity index (χ4n) is 1.33. The maximum absolute atomic E-state index is 11.9. The van der Waals surface area contributed by atoms with Crippen LogP contribution in [0.2, 0.25) is 0 Å². The van der Waals surface area contributed by atoms with Crippen molar-refractivity contribution in [3.05, 3.63) is 0 Å². The van der Waals surface area contributed by atoms with Gasteiger partial charge in [-0.05, 0) is 18.8 Å². The molecule has 15 heavy (non-hydrogen) atoms. The third-order valence-corrected chi connectivity index (χ3v) is 2.75. The predicted molar refractivity (Wildman–Crippen MR) is 67.7 cm³/mol. The van der Waals surface area contributed by atoms with Crippen molar-refractivity contribution in [1.29, 1.82) is 0 Å². The van der Waals surface area contributed by atoms with Crippen molar-refractivity contribution < 1.29 is 4.79 Å². The first-order chi connectivity index (χ1) is 6.90. The smallest absolute Gasteiger partial charge is 0.232 e. The summed E-state index contributed by atoms with van der Waals surface area (Å²) in [5.41, 5.74) is 5.53. The van der Waals surface area contributed by atoms with E-state index >= 15 is 0 Å². The molecule has 2 N–H and O–H groups in total. The van der Waals surface area contributed by atoms with Gasteiger partial charge in [0, 0.05) is 13.6 Å². The zero-order chi connectivity index (χ0) is 12.0. The molecule has 3 nitrogen and oxygen atoms in total. The zero-order valence-electron chi connectivity index (χ0n) is 10.1. The lowest BCUT2D eigenvalue weighted by atomic mass is 10.0. The number of amides is 1. The van der Waals surface area contributed by atoms with Crippen molar-refractivity contribution in [2.75, 3.05) is 13.6 Å². The summed E-state index contributed by atoms with van der Waals surface area (Å²) in [7, 11) is 1.81. The van der Waals surface area contributed by atoms with Crippen LogP contribution in [-0.2, 0) is 4.79 Å². The molecule has 0 saturated heterocycles. The van der Waals surface area contributed by atoms with Crippen molar-refractivity contribution in [2.24, 2.45) is 17.6 Å². The van der Waals surface area contributed by atoms with Crippen LogP contribution in [0.4, 0.5) is 0 Å². The molecule has 88 valence electrons. The number of hydrogen-bond donors (Lipinski definition) is 1. The molecule has 0 spiro atoms. The second-order valence-corrected chi connectivity index (χ2v) is 4.78. The average Bonchev–Trinajstić information content (AvgIpc) is 2.14. The molecule has 0 bridgehead atoms. The first-order valence-corrected chi connectivity index (χ1v) is 5.85. The molecule has 0 aromatic rings. The Balaban J connectivity index is 4.23. The Morgan fingerprint density at radius 1 is 1.47 bits per heavy atom. The standard InChI is InChI=1S/C11H22N2OS/c1-5-9(10(12)15)11(14)13(4)7-6-8(2)3/h8-9H,5-7H2,1-4H3,(H2,12,15). The quantitative estimate of drug-likeness (QED) is 0.708. The lowest BCUT2D eigenvalue weighted by Gasteiger charge is -2.23. The third kappa shape index (κ3) is 5.11. The van der Waals surface area contributed by atoms with Gasteiger partial charge < -0.3 is 10.6 Å². The Bertz CT molecular complexity index is 229. The van der Waals surface area contributed by atoms with E-state index in [0.29, 0.717) is 17.3 Å². The summed E-state index contributed by atoms with van der Waals surface area (Å²) >= 11 is 4.88. The van der Waals surface area contributed by atoms with E-state index in [1.54, 1.807) is 4.90 Å². The summed E-state index contributed by atoms with van der Waals surface area (Å²) < 4.78 is 0. The van der Waals surface area contributed by atoms with Crippen LogP contribution in [0.15, 0.2) is 0 Å². The summed E-state index contributed by atoms with van der Waals surface area (Å²) in [6.07, 6.45) is 1.69. The molecule has 0 heterocycles. The molecular weight excluding hydrogens is 208 g/mol. The predicted octanol–water partition coefficient (Wildman–Crippen LogP) is 1.80. The van der Waals surface area contributed by atoms with Crippen LogP contribution in [-0.4, -0.2) is 29.4 Å². The molecule has 0 aliphatic carbocycles. The second-order valence-electron chi connectivity index (χ2n) is 4.31. The minimum absolute atomic E-state index is 0.0469. The van der Waals surface area contributed by atoms with E-state index in [1.165, 1.54) is 0 Å². The van der Waals surface area contributed by atoms with Gasteiger partial charge in [0.1, 0.15) is 0 Å². The summed E-state index contributed by atoms with van der Waals surface area (Å²) in [5, 5.41) is 0. The number of carbonyl (C=O) groups excluding carboxylic acids is 1. The molecule has 0 fully saturated rings. The van der Waals surface area contributed by atoms with E-state index in [9.17, 15) is 4.79 Å². The van der Waals surface area contributed by atoms with E-state index in [1.807, 2.05) is 14.0 Å². The molecule has 0 aromatic heterocycles. The number of rotatable bonds is 6. The average molecular weight is 230 g/mol. The molecule has 0 aliphatic heterocycles. The molecule has 0 rings (SSSR count). The number of carbonyl (C=O) groups is 1. The minimum atomic E-state index is -0.294. The highest BCUT2D eigenvalue weighted by atomic mass is 32.1. The molecule has 1 atom stereocenters. The normalized spacial score (nSPS) is 12.6. The highest BCUT2D eigenvalue weighted by Gasteiger charge is 2.22. The molecule has 0 aliphatic rings. The topological polar surface area (TPSA) is 46.3 Å². The van der Waals surface area contributed by atoms with Gasteiger partial charge in [-0.2, -0.15) is 0 Å². The fraction of sp³-hybridized carbons (Fsp3) is 0.818. The summed E-state index contributed by atoms with van der Waals surface area (Å²) in [6, 6.07) is 0. The second kappa shape index (κ2) is 6.77. The Morgan fingerprint density at radius 2 is 2.00 bits per heavy atom. The number of nitrogens with zero attached hydrogens (tertiary/aromatic N) is 1. The van der Waals surface area contributed by atoms with Gasteiger partial charge >= 0.3 is 0 Å². The van der Waals surface area contributed by atoms with E-state index in [4.69, 9.17) is 18.0 Å². The Hall–Kier alpha value is -0.640. The van der Waals surface area contributed by atoms with Crippen molar-refractivity contribution >= 4 is 23.1 Å². The number of hydrogen-bond acceptors (Lipinski definition) is 2. The van der Waals surface area contributed by atoms with E-state index in [2.05, 4.69) is 13.8 Å². The monoisotopic (exact) mass is 230 g/mol. The summed E-state index contributed by atoms with van der Waals surface area (Å²) in [5.74, 6) is 0.355. The lowest BCUT2D eigenvalue weighted by Crippen LogP contribution is -2.39. The lowest BCUT2D eigenvalue weighted by molar-refractivity contribution is -0.132. The first kappa shape index (κ1) is 14.4. The van der Waals surface area contributed by atoms with Crippen molar-refractivity contribution in [3.8, 4) is 0 Å². The Morgan fingerprint density at radius 3 is 2.33 bits per heavy atom. The van der Waals surface area contributed by atoms with Crippen LogP contribution < -0.4 is 5.73 Å². The molecule has 0 aromatic carbocycles. The zero-order valence-corrected chi connectivity index (χ0v) is 10.9. The largest absolute Gasteiger partial charge is 0.393 e. The van der Waals surface area contributed by atoms with Crippen LogP contribution >= 0.6 is 12.2 Å². The molecule has 1 unspecified atom stereocenters. The number of thiocarbonyl (C=S) groups is 1. The van der Waals surface area contributed by atoms with Gasteiger partial charge in [0.15, 0.2) is 0 Å². The maximum atomic E-state index is 11.9. The van der Waals surface area contributed by atoms with Gasteiger partial charge in [-0.15, -0.1) is 0 Å². The maximum Gasteiger partial charge on any atom is 0.232 e. The van der Waals surface area contributed by atoms with Gasteiger partial charge in [0.2, 0.25) is 5.91 Å². The van der Waals surface area contributed by atoms with E-state index in [0.717, 1.165) is 13.0 Å². The molecular formula is C11H22N2OS. The van der Waals surface area contributed by atoms with Gasteiger partial charge in [-0.25, -0.2) is 0 Å². The molecule has 4 heteroatoms. The van der Waals surface area contributed by atoms with Crippen LogP contribution in [0.25, 0.3) is 0 Å². The summed E-state index contributed by atoms with van der Waals surface area (Å²) in [6.45, 7) is 6.99. The van der Waals surface area contributed by atoms with Crippen LogP contribution in [0, 0.1) is 11.8 Å². The van der Waals surface area contributed by atoms with Crippen molar-refractivity contribution in [3.63, 3.8) is 0 Å². The van der Waals surface area contributed by atoms with Crippen molar-refractivity contribution in [2.45, 2.75) is 33.6 Å². The highest BCUT2D eigenvalue weighted by molar-refractivity contribution is 7.80. The van der Waals surface area contributed by atoms with Gasteiger partial charge in [-0.1, -0.05) is 33.0 Å². The number of nitrogens with two attached hydrogens (primary N) is 1. The van der Waals surface area contributed by atoms with Crippen molar-refractivity contribution in [1.82, 2.24) is 4.90 Å². The van der Waals surface area contributed by atoms with Crippen LogP contribution in [0.5, 0.6) is 0 Å². The minimum Gasteiger partial charge on any atom is -0.393 e. The third-order valence-electron chi connectivity index (χ3n) is 2.47. The van der Waals surface area contributed by atoms with Crippen LogP contribution in [0.3, 0.4) is 0 Å². The van der Waals surface area contributed by atoms with Crippen LogP contribution in [0.1, 0.15) is 33.6 Å². The molecule has 0 radical (unpaired) electrons. The fourth-order valence-corrected chi connectivity index (χ4v) is 1.59. The first-order valence-electron chi connectivity index (χ1n) is 5.44. The van der Waals surface area contributed by atoms with E-state index in [-0.39, 0.29) is 11.8 Å². The van der Waals surface area contributed by atoms with Gasteiger partial charge in [0.05, 0.1) is 10.9 Å². The van der Waals surface area contributed by atoms with E-state index < -0.39 is 0 Å². The molecule has 0 saturated carbocycles. The SMILES string of the molecule is CCC(C(=O)N(C)CCC(C)C)C(N)=S. The molecule has 1 amide bonds. The summed E-state index contributed by atoms with van der Waals surface area (Å²) in [4.78, 5) is 13.9.